The minimum Gasteiger partial charge on any atom is -0.114 e. The van der Waals surface area contributed by atoms with Gasteiger partial charge in [-0.2, -0.15) is 0 Å². The maximum atomic E-state index is 2.32. The molecule has 0 N–H and O–H groups in total. The van der Waals surface area contributed by atoms with Crippen LogP contribution in [0.4, 0.5) is 0 Å². The highest BCUT2D eigenvalue weighted by Gasteiger charge is 2.10. The Balaban J connectivity index is 2.41. The molecule has 0 aliphatic carbocycles. The highest BCUT2D eigenvalue weighted by atomic mass is 32.2. The van der Waals surface area contributed by atoms with E-state index < -0.39 is 0 Å². The van der Waals surface area contributed by atoms with Crippen LogP contribution in [-0.4, -0.2) is 5.08 Å². The van der Waals surface area contributed by atoms with Gasteiger partial charge in [0.2, 0.25) is 0 Å². The molecule has 1 aliphatic heterocycles. The molecular weight excluding hydrogens is 172 g/mol. The van der Waals surface area contributed by atoms with Gasteiger partial charge in [0.25, 0.3) is 0 Å². The van der Waals surface area contributed by atoms with Crippen molar-refractivity contribution in [1.29, 1.82) is 0 Å². The molecule has 0 spiro atoms. The summed E-state index contributed by atoms with van der Waals surface area (Å²) in [7, 11) is 0. The minimum absolute atomic E-state index is 1.15. The second-order valence-corrected chi connectivity index (χ2v) is 4.94. The van der Waals surface area contributed by atoms with Gasteiger partial charge in [-0.3, -0.25) is 0 Å². The average molecular weight is 182 g/mol. The number of aryl methyl sites for hydroxylation is 1. The minimum atomic E-state index is 1.15. The SMILES string of the molecule is CCc1ccc2c(c1)SCS2. The van der Waals surface area contributed by atoms with Gasteiger partial charge in [-0.15, -0.1) is 23.5 Å². The zero-order valence-corrected chi connectivity index (χ0v) is 8.10. The molecule has 58 valence electrons. The van der Waals surface area contributed by atoms with E-state index >= 15 is 0 Å². The van der Waals surface area contributed by atoms with E-state index in [4.69, 9.17) is 0 Å². The summed E-state index contributed by atoms with van der Waals surface area (Å²) in [5.74, 6) is 0. The first-order valence-electron chi connectivity index (χ1n) is 3.78. The van der Waals surface area contributed by atoms with Crippen molar-refractivity contribution in [3.8, 4) is 0 Å². The van der Waals surface area contributed by atoms with E-state index in [9.17, 15) is 0 Å². The van der Waals surface area contributed by atoms with Gasteiger partial charge in [0, 0.05) is 14.9 Å². The first-order valence-corrected chi connectivity index (χ1v) is 5.76. The average Bonchev–Trinajstić information content (AvgIpc) is 2.50. The van der Waals surface area contributed by atoms with Crippen LogP contribution in [0.5, 0.6) is 0 Å². The van der Waals surface area contributed by atoms with Crippen LogP contribution in [-0.2, 0) is 6.42 Å². The monoisotopic (exact) mass is 182 g/mol. The lowest BCUT2D eigenvalue weighted by molar-refractivity contribution is 1.10. The van der Waals surface area contributed by atoms with E-state index in [0.717, 1.165) is 6.42 Å². The molecule has 1 aliphatic rings. The number of rotatable bonds is 1. The van der Waals surface area contributed by atoms with E-state index in [1.165, 1.54) is 20.4 Å². The van der Waals surface area contributed by atoms with E-state index in [2.05, 4.69) is 25.1 Å². The molecule has 1 heterocycles. The Labute approximate surface area is 75.8 Å². The summed E-state index contributed by atoms with van der Waals surface area (Å²) >= 11 is 3.91. The molecule has 0 saturated heterocycles. The van der Waals surface area contributed by atoms with Crippen LogP contribution in [0.25, 0.3) is 0 Å². The number of hydrogen-bond donors (Lipinski definition) is 0. The van der Waals surface area contributed by atoms with Crippen LogP contribution in [0.1, 0.15) is 12.5 Å². The fraction of sp³-hybridized carbons (Fsp3) is 0.333. The molecule has 11 heavy (non-hydrogen) atoms. The van der Waals surface area contributed by atoms with Gasteiger partial charge < -0.3 is 0 Å². The third kappa shape index (κ3) is 1.42. The molecule has 0 amide bonds. The fourth-order valence-corrected chi connectivity index (χ4v) is 3.58. The standard InChI is InChI=1S/C9H10S2/c1-2-7-3-4-8-9(5-7)11-6-10-8/h3-5H,2,6H2,1H3. The lowest BCUT2D eigenvalue weighted by atomic mass is 10.2. The first kappa shape index (κ1) is 7.56. The predicted octanol–water partition coefficient (Wildman–Crippen LogP) is 3.40. The quantitative estimate of drug-likeness (QED) is 0.653. The van der Waals surface area contributed by atoms with Crippen LogP contribution in [0, 0.1) is 0 Å². The normalized spacial score (nSPS) is 15.0. The lowest BCUT2D eigenvalue weighted by Crippen LogP contribution is -1.79. The van der Waals surface area contributed by atoms with Crippen molar-refractivity contribution in [1.82, 2.24) is 0 Å². The van der Waals surface area contributed by atoms with Gasteiger partial charge in [0.05, 0.1) is 0 Å². The molecule has 0 saturated carbocycles. The summed E-state index contributed by atoms with van der Waals surface area (Å²) in [5.41, 5.74) is 1.46. The molecule has 0 nitrogen and oxygen atoms in total. The van der Waals surface area contributed by atoms with Crippen LogP contribution in [0.15, 0.2) is 28.0 Å². The van der Waals surface area contributed by atoms with Crippen LogP contribution in [0.2, 0.25) is 0 Å². The number of benzene rings is 1. The zero-order chi connectivity index (χ0) is 7.68. The topological polar surface area (TPSA) is 0 Å². The molecule has 2 rings (SSSR count). The zero-order valence-electron chi connectivity index (χ0n) is 6.46. The molecule has 1 aromatic carbocycles. The highest BCUT2D eigenvalue weighted by Crippen LogP contribution is 2.41. The Kier molecular flexibility index (Phi) is 2.14. The number of fused-ring (bicyclic) bond motifs is 1. The van der Waals surface area contributed by atoms with E-state index in [1.54, 1.807) is 0 Å². The maximum Gasteiger partial charge on any atom is 0.0487 e. The molecule has 2 heteroatoms. The van der Waals surface area contributed by atoms with Gasteiger partial charge in [0.15, 0.2) is 0 Å². The molecule has 1 aromatic rings. The molecule has 0 unspecified atom stereocenters. The Morgan fingerprint density at radius 3 is 2.91 bits per heavy atom. The molecule has 0 bridgehead atoms. The van der Waals surface area contributed by atoms with Crippen LogP contribution in [0.3, 0.4) is 0 Å². The van der Waals surface area contributed by atoms with Gasteiger partial charge in [-0.05, 0) is 24.1 Å². The molecule has 0 atom stereocenters. The molecule has 0 fully saturated rings. The van der Waals surface area contributed by atoms with Crippen molar-refractivity contribution in [3.63, 3.8) is 0 Å². The smallest absolute Gasteiger partial charge is 0.0487 e. The van der Waals surface area contributed by atoms with E-state index in [-0.39, 0.29) is 0 Å². The summed E-state index contributed by atoms with van der Waals surface area (Å²) in [6.07, 6.45) is 1.15. The Morgan fingerprint density at radius 2 is 2.09 bits per heavy atom. The molecule has 0 aromatic heterocycles. The van der Waals surface area contributed by atoms with E-state index in [1.807, 2.05) is 23.5 Å². The van der Waals surface area contributed by atoms with Gasteiger partial charge in [0.1, 0.15) is 0 Å². The molecule has 0 radical (unpaired) electrons. The summed E-state index contributed by atoms with van der Waals surface area (Å²) in [6, 6.07) is 6.80. The number of thioether (sulfide) groups is 2. The van der Waals surface area contributed by atoms with Gasteiger partial charge >= 0.3 is 0 Å². The van der Waals surface area contributed by atoms with Crippen molar-refractivity contribution in [3.05, 3.63) is 23.8 Å². The first-order chi connectivity index (χ1) is 5.40. The van der Waals surface area contributed by atoms with Crippen molar-refractivity contribution in [2.24, 2.45) is 0 Å². The van der Waals surface area contributed by atoms with Crippen LogP contribution < -0.4 is 0 Å². The van der Waals surface area contributed by atoms with Crippen molar-refractivity contribution >= 4 is 23.5 Å². The fourth-order valence-electron chi connectivity index (χ4n) is 1.16. The third-order valence-corrected chi connectivity index (χ3v) is 4.23. The van der Waals surface area contributed by atoms with Gasteiger partial charge in [-0.1, -0.05) is 13.0 Å². The van der Waals surface area contributed by atoms with E-state index in [0.29, 0.717) is 0 Å². The van der Waals surface area contributed by atoms with Crippen molar-refractivity contribution < 1.29 is 0 Å². The van der Waals surface area contributed by atoms with Crippen molar-refractivity contribution in [2.75, 3.05) is 5.08 Å². The Hall–Kier alpha value is -0.0800. The van der Waals surface area contributed by atoms with Crippen molar-refractivity contribution in [2.45, 2.75) is 23.1 Å². The third-order valence-electron chi connectivity index (χ3n) is 1.85. The second-order valence-electron chi connectivity index (χ2n) is 2.54. The number of hydrogen-bond acceptors (Lipinski definition) is 2. The molecular formula is C9H10S2. The second kappa shape index (κ2) is 3.11. The van der Waals surface area contributed by atoms with Gasteiger partial charge in [-0.25, -0.2) is 0 Å². The summed E-state index contributed by atoms with van der Waals surface area (Å²) in [6.45, 7) is 2.20. The Morgan fingerprint density at radius 1 is 1.27 bits per heavy atom. The summed E-state index contributed by atoms with van der Waals surface area (Å²) < 4.78 is 0. The van der Waals surface area contributed by atoms with Crippen LogP contribution >= 0.6 is 23.5 Å². The predicted molar refractivity (Wildman–Crippen MR) is 52.4 cm³/mol. The highest BCUT2D eigenvalue weighted by molar-refractivity contribution is 8.18. The maximum absolute atomic E-state index is 2.32. The summed E-state index contributed by atoms with van der Waals surface area (Å²) in [5, 5.41) is 1.20. The largest absolute Gasteiger partial charge is 0.114 e. The summed E-state index contributed by atoms with van der Waals surface area (Å²) in [4.78, 5) is 2.95. The Bertz CT molecular complexity index is 268. The lowest BCUT2D eigenvalue weighted by Gasteiger charge is -1.99.